The molecule has 3 saturated heterocycles. The second kappa shape index (κ2) is 8.23. The third kappa shape index (κ3) is 3.89. The van der Waals surface area contributed by atoms with Gasteiger partial charge >= 0.3 is 0 Å². The summed E-state index contributed by atoms with van der Waals surface area (Å²) in [5, 5.41) is 0. The van der Waals surface area contributed by atoms with Crippen molar-refractivity contribution in [3.63, 3.8) is 0 Å². The number of hydrogen-bond donors (Lipinski definition) is 0. The number of benzene rings is 1. The molecule has 0 aromatic heterocycles. The monoisotopic (exact) mass is 394 g/mol. The van der Waals surface area contributed by atoms with Gasteiger partial charge in [0, 0.05) is 38.2 Å². The largest absolute Gasteiger partial charge is 0.381 e. The summed E-state index contributed by atoms with van der Waals surface area (Å²) in [4.78, 5) is 17.5. The maximum absolute atomic E-state index is 12.8. The summed E-state index contributed by atoms with van der Waals surface area (Å²) in [6.45, 7) is 7.96. The Hall–Kier alpha value is -1.65. The van der Waals surface area contributed by atoms with Crippen LogP contribution in [0.3, 0.4) is 0 Å². The van der Waals surface area contributed by atoms with Crippen molar-refractivity contribution in [2.24, 2.45) is 17.8 Å². The van der Waals surface area contributed by atoms with Crippen molar-refractivity contribution in [2.75, 3.05) is 39.4 Å². The van der Waals surface area contributed by atoms with Crippen LogP contribution in [-0.4, -0.2) is 61.1 Å². The minimum atomic E-state index is 0.0962. The third-order valence-corrected chi connectivity index (χ3v) is 7.74. The minimum absolute atomic E-state index is 0.0962. The number of fused-ring (bicyclic) bond motifs is 1. The predicted molar refractivity (Wildman–Crippen MR) is 115 cm³/mol. The zero-order chi connectivity index (χ0) is 19.8. The first kappa shape index (κ1) is 19.3. The lowest BCUT2D eigenvalue weighted by molar-refractivity contribution is -0.134. The van der Waals surface area contributed by atoms with E-state index >= 15 is 0 Å². The fourth-order valence-electron chi connectivity index (χ4n) is 5.85. The fourth-order valence-corrected chi connectivity index (χ4v) is 5.85. The summed E-state index contributed by atoms with van der Waals surface area (Å²) in [6.07, 6.45) is 8.27. The molecule has 1 aromatic carbocycles. The number of nitrogens with zero attached hydrogens (tertiary/aromatic N) is 2. The van der Waals surface area contributed by atoms with Gasteiger partial charge in [-0.2, -0.15) is 0 Å². The van der Waals surface area contributed by atoms with E-state index in [0.29, 0.717) is 24.3 Å². The summed E-state index contributed by atoms with van der Waals surface area (Å²) in [5.74, 6) is 1.53. The van der Waals surface area contributed by atoms with Gasteiger partial charge in [0.25, 0.3) is 0 Å². The van der Waals surface area contributed by atoms with Crippen molar-refractivity contribution in [3.8, 4) is 0 Å². The molecule has 29 heavy (non-hydrogen) atoms. The molecule has 3 fully saturated rings. The third-order valence-electron chi connectivity index (χ3n) is 7.74. The molecule has 5 rings (SSSR count). The van der Waals surface area contributed by atoms with E-state index in [2.05, 4.69) is 47.1 Å². The molecule has 4 aliphatic rings. The number of rotatable bonds is 5. The van der Waals surface area contributed by atoms with Crippen molar-refractivity contribution >= 4 is 11.5 Å². The second-order valence-corrected chi connectivity index (χ2v) is 9.54. The lowest BCUT2D eigenvalue weighted by atomic mass is 9.90. The van der Waals surface area contributed by atoms with Crippen LogP contribution in [-0.2, 0) is 16.0 Å². The molecular weight excluding hydrogens is 360 g/mol. The van der Waals surface area contributed by atoms with E-state index in [9.17, 15) is 4.79 Å². The van der Waals surface area contributed by atoms with Crippen LogP contribution in [0.5, 0.6) is 0 Å². The first-order chi connectivity index (χ1) is 14.2. The second-order valence-electron chi connectivity index (χ2n) is 9.54. The lowest BCUT2D eigenvalue weighted by Gasteiger charge is -2.21. The van der Waals surface area contributed by atoms with E-state index in [4.69, 9.17) is 4.74 Å². The van der Waals surface area contributed by atoms with Gasteiger partial charge < -0.3 is 14.5 Å². The first-order valence-corrected chi connectivity index (χ1v) is 11.6. The quantitative estimate of drug-likeness (QED) is 0.765. The van der Waals surface area contributed by atoms with Crippen molar-refractivity contribution in [1.29, 1.82) is 0 Å². The SMILES string of the molecule is CC1CCCN1CCc1ccc(C2=CCC3CN(C(=O)C4CCOC4)CC23)cc1. The maximum atomic E-state index is 12.8. The van der Waals surface area contributed by atoms with Crippen LogP contribution < -0.4 is 0 Å². The standard InChI is InChI=1S/C25H34N2O2/c1-18-3-2-12-26(18)13-10-19-4-6-20(7-5-19)23-9-8-21-15-27(16-24(21)23)25(28)22-11-14-29-17-22/h4-7,9,18,21-22,24H,2-3,8,10-17H2,1H3. The molecule has 3 aliphatic heterocycles. The van der Waals surface area contributed by atoms with Gasteiger partial charge in [-0.15, -0.1) is 0 Å². The Morgan fingerprint density at radius 2 is 2.03 bits per heavy atom. The summed E-state index contributed by atoms with van der Waals surface area (Å²) in [5.41, 5.74) is 4.26. The Balaban J connectivity index is 1.19. The van der Waals surface area contributed by atoms with Crippen LogP contribution in [0.25, 0.3) is 5.57 Å². The molecule has 0 spiro atoms. The van der Waals surface area contributed by atoms with E-state index in [1.165, 1.54) is 42.6 Å². The molecule has 4 atom stereocenters. The van der Waals surface area contributed by atoms with E-state index in [0.717, 1.165) is 45.0 Å². The highest BCUT2D eigenvalue weighted by molar-refractivity contribution is 5.81. The van der Waals surface area contributed by atoms with Crippen molar-refractivity contribution in [1.82, 2.24) is 9.80 Å². The van der Waals surface area contributed by atoms with Crippen LogP contribution in [0.15, 0.2) is 30.3 Å². The van der Waals surface area contributed by atoms with Gasteiger partial charge in [0.05, 0.1) is 12.5 Å². The van der Waals surface area contributed by atoms with Crippen LogP contribution >= 0.6 is 0 Å². The number of hydrogen-bond acceptors (Lipinski definition) is 3. The van der Waals surface area contributed by atoms with Crippen LogP contribution in [0.2, 0.25) is 0 Å². The minimum Gasteiger partial charge on any atom is -0.381 e. The molecule has 3 heterocycles. The molecule has 0 saturated carbocycles. The zero-order valence-corrected chi connectivity index (χ0v) is 17.7. The Morgan fingerprint density at radius 3 is 2.76 bits per heavy atom. The first-order valence-electron chi connectivity index (χ1n) is 11.6. The van der Waals surface area contributed by atoms with E-state index in [-0.39, 0.29) is 5.92 Å². The lowest BCUT2D eigenvalue weighted by Crippen LogP contribution is -2.35. The van der Waals surface area contributed by atoms with Gasteiger partial charge in [-0.25, -0.2) is 0 Å². The maximum Gasteiger partial charge on any atom is 0.228 e. The van der Waals surface area contributed by atoms with E-state index < -0.39 is 0 Å². The Morgan fingerprint density at radius 1 is 1.17 bits per heavy atom. The van der Waals surface area contributed by atoms with E-state index in [1.54, 1.807) is 0 Å². The average Bonchev–Trinajstić information content (AvgIpc) is 3.51. The van der Waals surface area contributed by atoms with Crippen molar-refractivity contribution in [3.05, 3.63) is 41.5 Å². The average molecular weight is 395 g/mol. The molecule has 1 amide bonds. The van der Waals surface area contributed by atoms with Crippen LogP contribution in [0.4, 0.5) is 0 Å². The molecule has 156 valence electrons. The molecule has 0 N–H and O–H groups in total. The van der Waals surface area contributed by atoms with E-state index in [1.807, 2.05) is 0 Å². The predicted octanol–water partition coefficient (Wildman–Crippen LogP) is 3.61. The normalized spacial score (nSPS) is 32.0. The van der Waals surface area contributed by atoms with Gasteiger partial charge in [-0.3, -0.25) is 4.79 Å². The Bertz CT molecular complexity index is 766. The number of allylic oxidation sites excluding steroid dienone is 1. The fraction of sp³-hybridized carbons (Fsp3) is 0.640. The Kier molecular flexibility index (Phi) is 5.49. The molecule has 4 unspecified atom stereocenters. The number of amides is 1. The summed E-state index contributed by atoms with van der Waals surface area (Å²) in [7, 11) is 0. The van der Waals surface area contributed by atoms with Crippen LogP contribution in [0, 0.1) is 17.8 Å². The highest BCUT2D eigenvalue weighted by Gasteiger charge is 2.42. The molecule has 0 bridgehead atoms. The highest BCUT2D eigenvalue weighted by Crippen LogP contribution is 2.43. The molecule has 4 nitrogen and oxygen atoms in total. The van der Waals surface area contributed by atoms with Crippen molar-refractivity contribution < 1.29 is 9.53 Å². The zero-order valence-electron chi connectivity index (χ0n) is 17.7. The molecule has 1 aromatic rings. The van der Waals surface area contributed by atoms with Crippen LogP contribution in [0.1, 0.15) is 43.7 Å². The summed E-state index contributed by atoms with van der Waals surface area (Å²) < 4.78 is 5.43. The van der Waals surface area contributed by atoms with Gasteiger partial charge in [0.2, 0.25) is 5.91 Å². The summed E-state index contributed by atoms with van der Waals surface area (Å²) in [6, 6.07) is 10.0. The molecule has 1 aliphatic carbocycles. The number of carbonyl (C=O) groups is 1. The smallest absolute Gasteiger partial charge is 0.228 e. The van der Waals surface area contributed by atoms with Gasteiger partial charge in [0.1, 0.15) is 0 Å². The summed E-state index contributed by atoms with van der Waals surface area (Å²) >= 11 is 0. The number of likely N-dealkylation sites (tertiary alicyclic amines) is 2. The van der Waals surface area contributed by atoms with Gasteiger partial charge in [0.15, 0.2) is 0 Å². The topological polar surface area (TPSA) is 32.8 Å². The number of ether oxygens (including phenoxy) is 1. The van der Waals surface area contributed by atoms with Gasteiger partial charge in [-0.1, -0.05) is 30.3 Å². The molecule has 0 radical (unpaired) electrons. The Labute approximate surface area is 174 Å². The molecular formula is C25H34N2O2. The van der Waals surface area contributed by atoms with Crippen molar-refractivity contribution in [2.45, 2.75) is 45.1 Å². The molecule has 4 heteroatoms. The number of carbonyl (C=O) groups excluding carboxylic acids is 1. The van der Waals surface area contributed by atoms with Gasteiger partial charge in [-0.05, 0) is 68.2 Å². The highest BCUT2D eigenvalue weighted by atomic mass is 16.5.